The summed E-state index contributed by atoms with van der Waals surface area (Å²) in [5.74, 6) is 0.343. The number of hydrogen-bond acceptors (Lipinski definition) is 8. The predicted octanol–water partition coefficient (Wildman–Crippen LogP) is 7.11. The van der Waals surface area contributed by atoms with Gasteiger partial charge in [0.05, 0.1) is 12.9 Å². The summed E-state index contributed by atoms with van der Waals surface area (Å²) >= 11 is 0. The highest BCUT2D eigenvalue weighted by atomic mass is 28.4. The summed E-state index contributed by atoms with van der Waals surface area (Å²) in [7, 11) is -6.52. The minimum absolute atomic E-state index is 0.00158. The first-order chi connectivity index (χ1) is 17.9. The Morgan fingerprint density at radius 2 is 1.27 bits per heavy atom. The summed E-state index contributed by atoms with van der Waals surface area (Å²) < 4.78 is 30.1. The number of rotatable bonds is 8. The molecular weight excluding hydrogens is 555 g/mol. The third kappa shape index (κ3) is 6.57. The zero-order valence-corrected chi connectivity index (χ0v) is 30.7. The Hall–Kier alpha value is -1.16. The number of nitrogens with two attached hydrogens (primary N) is 1. The van der Waals surface area contributed by atoms with Crippen LogP contribution in [0.25, 0.3) is 11.2 Å². The maximum atomic E-state index is 7.22. The van der Waals surface area contributed by atoms with Crippen LogP contribution in [0.3, 0.4) is 0 Å². The maximum Gasteiger partial charge on any atom is 0.192 e. The molecule has 228 valence electrons. The third-order valence-electron chi connectivity index (χ3n) is 9.84. The predicted molar refractivity (Wildman–Crippen MR) is 171 cm³/mol. The van der Waals surface area contributed by atoms with Gasteiger partial charge < -0.3 is 23.7 Å². The van der Waals surface area contributed by atoms with Gasteiger partial charge in [0.15, 0.2) is 42.6 Å². The summed E-state index contributed by atoms with van der Waals surface area (Å²) in [6.07, 6.45) is 1.69. The SMILES string of the molecule is CC(C)(C)[Si](C)(C)OC[C@H]1OC(n2cnc3c(N)ncnc32)C(O[Si](C)(C)C(C)(C)C)C1O[Si](C)(C)C(C)(C)C. The van der Waals surface area contributed by atoms with E-state index in [-0.39, 0.29) is 33.4 Å². The Morgan fingerprint density at radius 1 is 0.775 bits per heavy atom. The molecule has 40 heavy (non-hydrogen) atoms. The van der Waals surface area contributed by atoms with Crippen LogP contribution in [0.2, 0.25) is 54.4 Å². The topological polar surface area (TPSA) is 107 Å². The minimum Gasteiger partial charge on any atom is -0.414 e. The molecule has 3 rings (SSSR count). The molecule has 0 aromatic carbocycles. The van der Waals surface area contributed by atoms with E-state index in [2.05, 4.69) is 117 Å². The van der Waals surface area contributed by atoms with Crippen LogP contribution in [-0.4, -0.2) is 69.4 Å². The monoisotopic (exact) mass is 609 g/mol. The molecule has 2 aromatic heterocycles. The molecule has 1 fully saturated rings. The van der Waals surface area contributed by atoms with E-state index in [0.717, 1.165) is 0 Å². The number of nitrogen functional groups attached to an aromatic ring is 1. The van der Waals surface area contributed by atoms with Gasteiger partial charge in [0.1, 0.15) is 30.2 Å². The summed E-state index contributed by atoms with van der Waals surface area (Å²) in [6.45, 7) is 34.4. The van der Waals surface area contributed by atoms with Gasteiger partial charge in [-0.1, -0.05) is 62.3 Å². The highest BCUT2D eigenvalue weighted by Gasteiger charge is 2.55. The van der Waals surface area contributed by atoms with E-state index in [9.17, 15) is 0 Å². The van der Waals surface area contributed by atoms with Crippen molar-refractivity contribution in [3.63, 3.8) is 0 Å². The van der Waals surface area contributed by atoms with Gasteiger partial charge in [-0.3, -0.25) is 4.57 Å². The Kier molecular flexibility index (Phi) is 9.03. The molecule has 3 heterocycles. The Labute approximate surface area is 245 Å². The number of aromatic nitrogens is 4. The molecule has 12 heteroatoms. The molecule has 1 saturated heterocycles. The average Bonchev–Trinajstić information content (AvgIpc) is 3.32. The molecule has 0 saturated carbocycles. The second kappa shape index (κ2) is 10.8. The lowest BCUT2D eigenvalue weighted by atomic mass is 10.1. The van der Waals surface area contributed by atoms with Gasteiger partial charge >= 0.3 is 0 Å². The smallest absolute Gasteiger partial charge is 0.192 e. The number of nitrogens with zero attached hydrogens (tertiary/aromatic N) is 4. The molecule has 4 atom stereocenters. The van der Waals surface area contributed by atoms with Crippen molar-refractivity contribution in [1.29, 1.82) is 0 Å². The molecule has 0 amide bonds. The largest absolute Gasteiger partial charge is 0.414 e. The normalized spacial score (nSPS) is 23.8. The van der Waals surface area contributed by atoms with E-state index >= 15 is 0 Å². The fourth-order valence-electron chi connectivity index (χ4n) is 3.93. The second-order valence-corrected chi connectivity index (χ2v) is 30.2. The van der Waals surface area contributed by atoms with Gasteiger partial charge in [0.2, 0.25) is 0 Å². The molecule has 2 aromatic rings. The van der Waals surface area contributed by atoms with E-state index in [0.29, 0.717) is 23.6 Å². The van der Waals surface area contributed by atoms with Crippen LogP contribution in [0.1, 0.15) is 68.5 Å². The summed E-state index contributed by atoms with van der Waals surface area (Å²) in [4.78, 5) is 13.2. The van der Waals surface area contributed by atoms with Crippen molar-refractivity contribution in [2.24, 2.45) is 0 Å². The lowest BCUT2D eigenvalue weighted by molar-refractivity contribution is -0.0470. The molecule has 1 aliphatic rings. The zero-order chi connectivity index (χ0) is 30.7. The van der Waals surface area contributed by atoms with Gasteiger partial charge in [0, 0.05) is 0 Å². The zero-order valence-electron chi connectivity index (χ0n) is 27.7. The van der Waals surface area contributed by atoms with Crippen molar-refractivity contribution >= 4 is 41.9 Å². The van der Waals surface area contributed by atoms with E-state index in [4.69, 9.17) is 23.7 Å². The van der Waals surface area contributed by atoms with Gasteiger partial charge in [-0.15, -0.1) is 0 Å². The average molecular weight is 610 g/mol. The second-order valence-electron chi connectivity index (χ2n) is 15.9. The van der Waals surface area contributed by atoms with Crippen LogP contribution in [0, 0.1) is 0 Å². The van der Waals surface area contributed by atoms with Crippen molar-refractivity contribution in [3.05, 3.63) is 12.7 Å². The molecule has 0 aliphatic carbocycles. The Balaban J connectivity index is 2.15. The van der Waals surface area contributed by atoms with Gasteiger partial charge in [-0.2, -0.15) is 0 Å². The number of fused-ring (bicyclic) bond motifs is 1. The van der Waals surface area contributed by atoms with Crippen molar-refractivity contribution in [2.45, 2.75) is 141 Å². The van der Waals surface area contributed by atoms with Crippen LogP contribution >= 0.6 is 0 Å². The van der Waals surface area contributed by atoms with Gasteiger partial charge in [-0.05, 0) is 54.4 Å². The first kappa shape index (κ1) is 33.3. The Morgan fingerprint density at radius 3 is 1.77 bits per heavy atom. The lowest BCUT2D eigenvalue weighted by Gasteiger charge is -2.44. The third-order valence-corrected chi connectivity index (χ3v) is 23.3. The molecule has 3 unspecified atom stereocenters. The molecular formula is C28H55N5O4Si3. The number of anilines is 1. The minimum atomic E-state index is -2.25. The van der Waals surface area contributed by atoms with Gasteiger partial charge in [-0.25, -0.2) is 15.0 Å². The van der Waals surface area contributed by atoms with Crippen LogP contribution in [0.4, 0.5) is 5.82 Å². The molecule has 0 bridgehead atoms. The van der Waals surface area contributed by atoms with Gasteiger partial charge in [0.25, 0.3) is 0 Å². The maximum absolute atomic E-state index is 7.22. The van der Waals surface area contributed by atoms with Crippen LogP contribution in [-0.2, 0) is 18.0 Å². The molecule has 2 N–H and O–H groups in total. The molecule has 0 radical (unpaired) electrons. The highest BCUT2D eigenvalue weighted by molar-refractivity contribution is 6.75. The number of ether oxygens (including phenoxy) is 1. The first-order valence-electron chi connectivity index (χ1n) is 14.5. The van der Waals surface area contributed by atoms with Crippen molar-refractivity contribution in [2.75, 3.05) is 12.3 Å². The summed E-state index contributed by atoms with van der Waals surface area (Å²) in [6, 6.07) is 0. The van der Waals surface area contributed by atoms with Crippen LogP contribution in [0.15, 0.2) is 12.7 Å². The van der Waals surface area contributed by atoms with Crippen molar-refractivity contribution in [1.82, 2.24) is 19.5 Å². The molecule has 9 nitrogen and oxygen atoms in total. The highest BCUT2D eigenvalue weighted by Crippen LogP contribution is 2.47. The Bertz CT molecular complexity index is 1180. The van der Waals surface area contributed by atoms with E-state index in [1.165, 1.54) is 6.33 Å². The molecule has 1 aliphatic heterocycles. The summed E-state index contributed by atoms with van der Waals surface area (Å²) in [5.41, 5.74) is 7.34. The van der Waals surface area contributed by atoms with E-state index < -0.39 is 31.2 Å². The first-order valence-corrected chi connectivity index (χ1v) is 23.2. The van der Waals surface area contributed by atoms with Crippen LogP contribution in [0.5, 0.6) is 0 Å². The van der Waals surface area contributed by atoms with Crippen molar-refractivity contribution in [3.8, 4) is 0 Å². The fraction of sp³-hybridized carbons (Fsp3) is 0.821. The van der Waals surface area contributed by atoms with Crippen LogP contribution < -0.4 is 5.73 Å². The number of hydrogen-bond donors (Lipinski definition) is 1. The fourth-order valence-corrected chi connectivity index (χ4v) is 7.55. The van der Waals surface area contributed by atoms with Crippen molar-refractivity contribution < 1.29 is 18.0 Å². The van der Waals surface area contributed by atoms with E-state index in [1.54, 1.807) is 6.33 Å². The summed E-state index contributed by atoms with van der Waals surface area (Å²) in [5, 5.41) is 0.0893. The lowest BCUT2D eigenvalue weighted by Crippen LogP contribution is -2.54. The van der Waals surface area contributed by atoms with E-state index in [1.807, 2.05) is 4.57 Å². The quantitative estimate of drug-likeness (QED) is 0.316. The standard InChI is InChI=1S/C28H55N5O4Si3/c1-26(2,3)38(10,11)34-16-19-21(36-39(12,13)27(4,5)6)22(37-40(14,15)28(7,8)9)25(35-19)33-18-32-20-23(29)30-17-31-24(20)33/h17-19,21-22,25H,16H2,1-15H3,(H2,29,30,31)/t19-,21?,22?,25?/m1/s1. The number of imidazole rings is 1. The molecule has 0 spiro atoms.